The third kappa shape index (κ3) is 5.54. The van der Waals surface area contributed by atoms with E-state index in [1.165, 1.54) is 0 Å². The van der Waals surface area contributed by atoms with Crippen LogP contribution in [-0.4, -0.2) is 17.6 Å². The van der Waals surface area contributed by atoms with E-state index < -0.39 is 0 Å². The van der Waals surface area contributed by atoms with Crippen LogP contribution in [0.1, 0.15) is 23.7 Å². The number of ether oxygens (including phenoxy) is 1. The smallest absolute Gasteiger partial charge is 0.257 e. The molecule has 0 aliphatic carbocycles. The van der Waals surface area contributed by atoms with E-state index in [-0.39, 0.29) is 11.0 Å². The van der Waals surface area contributed by atoms with Crippen molar-refractivity contribution >= 4 is 40.5 Å². The fraction of sp³-hybridized carbons (Fsp3) is 0.176. The number of thiocarbonyl (C=S) groups is 1. The summed E-state index contributed by atoms with van der Waals surface area (Å²) >= 11 is 10.9. The third-order valence-electron chi connectivity index (χ3n) is 2.92. The monoisotopic (exact) mass is 348 g/mol. The highest BCUT2D eigenvalue weighted by molar-refractivity contribution is 7.80. The van der Waals surface area contributed by atoms with E-state index in [0.29, 0.717) is 17.2 Å². The highest BCUT2D eigenvalue weighted by Gasteiger charge is 2.08. The number of nitrogens with one attached hydrogen (secondary N) is 2. The van der Waals surface area contributed by atoms with Gasteiger partial charge in [-0.1, -0.05) is 18.5 Å². The summed E-state index contributed by atoms with van der Waals surface area (Å²) in [5, 5.41) is 6.42. The normalized spacial score (nSPS) is 10.0. The molecule has 0 radical (unpaired) electrons. The second-order valence-corrected chi connectivity index (χ2v) is 5.63. The molecular formula is C17H17ClN2O2S. The van der Waals surface area contributed by atoms with Crippen LogP contribution in [0.3, 0.4) is 0 Å². The maximum absolute atomic E-state index is 12.1. The Balaban J connectivity index is 1.90. The zero-order valence-electron chi connectivity index (χ0n) is 12.6. The van der Waals surface area contributed by atoms with Crippen LogP contribution in [0.15, 0.2) is 48.5 Å². The lowest BCUT2D eigenvalue weighted by molar-refractivity contribution is 0.0977. The SMILES string of the molecule is CCCOc1ccc(C(=O)NC(=S)Nc2ccc(Cl)cc2)cc1. The second kappa shape index (κ2) is 8.50. The van der Waals surface area contributed by atoms with Crippen molar-refractivity contribution in [2.75, 3.05) is 11.9 Å². The van der Waals surface area contributed by atoms with Gasteiger partial charge < -0.3 is 10.1 Å². The molecule has 6 heteroatoms. The number of hydrogen-bond acceptors (Lipinski definition) is 3. The zero-order chi connectivity index (χ0) is 16.7. The van der Waals surface area contributed by atoms with Gasteiger partial charge >= 0.3 is 0 Å². The molecule has 23 heavy (non-hydrogen) atoms. The maximum atomic E-state index is 12.1. The van der Waals surface area contributed by atoms with Gasteiger partial charge in [0, 0.05) is 16.3 Å². The minimum atomic E-state index is -0.279. The van der Waals surface area contributed by atoms with Gasteiger partial charge in [0.15, 0.2) is 5.11 Å². The lowest BCUT2D eigenvalue weighted by Gasteiger charge is -2.10. The molecule has 0 saturated carbocycles. The Morgan fingerprint density at radius 3 is 2.39 bits per heavy atom. The van der Waals surface area contributed by atoms with Crippen LogP contribution < -0.4 is 15.4 Å². The Morgan fingerprint density at radius 2 is 1.78 bits per heavy atom. The van der Waals surface area contributed by atoms with Crippen molar-refractivity contribution in [3.63, 3.8) is 0 Å². The van der Waals surface area contributed by atoms with E-state index in [1.54, 1.807) is 48.5 Å². The van der Waals surface area contributed by atoms with Crippen molar-refractivity contribution in [3.05, 3.63) is 59.1 Å². The summed E-state index contributed by atoms with van der Waals surface area (Å²) in [7, 11) is 0. The van der Waals surface area contributed by atoms with E-state index in [2.05, 4.69) is 10.6 Å². The third-order valence-corrected chi connectivity index (χ3v) is 3.37. The van der Waals surface area contributed by atoms with Crippen molar-refractivity contribution < 1.29 is 9.53 Å². The number of halogens is 1. The van der Waals surface area contributed by atoms with Crippen molar-refractivity contribution in [3.8, 4) is 5.75 Å². The highest BCUT2D eigenvalue weighted by atomic mass is 35.5. The molecule has 120 valence electrons. The Hall–Kier alpha value is -2.11. The van der Waals surface area contributed by atoms with Crippen molar-refractivity contribution in [1.29, 1.82) is 0 Å². The van der Waals surface area contributed by atoms with Gasteiger partial charge in [0.2, 0.25) is 0 Å². The first-order chi connectivity index (χ1) is 11.1. The van der Waals surface area contributed by atoms with Crippen LogP contribution in [0.2, 0.25) is 5.02 Å². The van der Waals surface area contributed by atoms with Crippen molar-refractivity contribution in [2.45, 2.75) is 13.3 Å². The summed E-state index contributed by atoms with van der Waals surface area (Å²) in [6, 6.07) is 14.0. The molecule has 0 heterocycles. The van der Waals surface area contributed by atoms with Gasteiger partial charge in [-0.15, -0.1) is 0 Å². The van der Waals surface area contributed by atoms with Gasteiger partial charge in [-0.3, -0.25) is 10.1 Å². The average Bonchev–Trinajstić information content (AvgIpc) is 2.55. The predicted molar refractivity (Wildman–Crippen MR) is 97.4 cm³/mol. The fourth-order valence-corrected chi connectivity index (χ4v) is 2.13. The lowest BCUT2D eigenvalue weighted by Crippen LogP contribution is -2.34. The Labute approximate surface area is 145 Å². The van der Waals surface area contributed by atoms with Gasteiger partial charge in [-0.2, -0.15) is 0 Å². The quantitative estimate of drug-likeness (QED) is 0.793. The van der Waals surface area contributed by atoms with Gasteiger partial charge in [0.05, 0.1) is 6.61 Å². The molecule has 0 aliphatic heterocycles. The van der Waals surface area contributed by atoms with Crippen LogP contribution in [0.5, 0.6) is 5.75 Å². The lowest BCUT2D eigenvalue weighted by atomic mass is 10.2. The minimum absolute atomic E-state index is 0.226. The number of amides is 1. The molecule has 0 aromatic heterocycles. The number of anilines is 1. The van der Waals surface area contributed by atoms with Gasteiger partial charge in [0.25, 0.3) is 5.91 Å². The average molecular weight is 349 g/mol. The summed E-state index contributed by atoms with van der Waals surface area (Å²) in [6.07, 6.45) is 0.937. The molecule has 0 unspecified atom stereocenters. The summed E-state index contributed by atoms with van der Waals surface area (Å²) in [4.78, 5) is 12.1. The van der Waals surface area contributed by atoms with Crippen LogP contribution >= 0.6 is 23.8 Å². The molecule has 0 atom stereocenters. The number of carbonyl (C=O) groups excluding carboxylic acids is 1. The second-order valence-electron chi connectivity index (χ2n) is 4.79. The Bertz CT molecular complexity index is 672. The topological polar surface area (TPSA) is 50.4 Å². The maximum Gasteiger partial charge on any atom is 0.257 e. The van der Waals surface area contributed by atoms with Gasteiger partial charge in [-0.05, 0) is 67.2 Å². The first kappa shape index (κ1) is 17.2. The molecule has 2 aromatic rings. The van der Waals surface area contributed by atoms with E-state index in [1.807, 2.05) is 6.92 Å². The van der Waals surface area contributed by atoms with Crippen LogP contribution in [-0.2, 0) is 0 Å². The van der Waals surface area contributed by atoms with Crippen molar-refractivity contribution in [1.82, 2.24) is 5.32 Å². The molecule has 0 aliphatic rings. The summed E-state index contributed by atoms with van der Waals surface area (Å²) < 4.78 is 5.48. The summed E-state index contributed by atoms with van der Waals surface area (Å²) in [5.74, 6) is 0.462. The number of rotatable bonds is 5. The first-order valence-corrected chi connectivity index (χ1v) is 7.98. The fourth-order valence-electron chi connectivity index (χ4n) is 1.79. The molecule has 0 bridgehead atoms. The molecule has 2 N–H and O–H groups in total. The van der Waals surface area contributed by atoms with Gasteiger partial charge in [0.1, 0.15) is 5.75 Å². The Morgan fingerprint density at radius 1 is 1.13 bits per heavy atom. The number of hydrogen-bond donors (Lipinski definition) is 2. The van der Waals surface area contributed by atoms with E-state index >= 15 is 0 Å². The van der Waals surface area contributed by atoms with Crippen LogP contribution in [0.4, 0.5) is 5.69 Å². The zero-order valence-corrected chi connectivity index (χ0v) is 14.2. The molecule has 1 amide bonds. The molecule has 0 fully saturated rings. The molecular weight excluding hydrogens is 332 g/mol. The standard InChI is InChI=1S/C17H17ClN2O2S/c1-2-11-22-15-9-3-12(4-10-15)16(21)20-17(23)19-14-7-5-13(18)6-8-14/h3-10H,2,11H2,1H3,(H2,19,20,21,23). The number of benzene rings is 2. The summed E-state index contributed by atoms with van der Waals surface area (Å²) in [6.45, 7) is 2.69. The first-order valence-electron chi connectivity index (χ1n) is 7.19. The molecule has 4 nitrogen and oxygen atoms in total. The van der Waals surface area contributed by atoms with E-state index in [4.69, 9.17) is 28.6 Å². The van der Waals surface area contributed by atoms with Crippen molar-refractivity contribution in [2.24, 2.45) is 0 Å². The van der Waals surface area contributed by atoms with Crippen LogP contribution in [0, 0.1) is 0 Å². The minimum Gasteiger partial charge on any atom is -0.494 e. The van der Waals surface area contributed by atoms with E-state index in [9.17, 15) is 4.79 Å². The molecule has 2 aromatic carbocycles. The number of carbonyl (C=O) groups is 1. The Kier molecular flexibility index (Phi) is 6.38. The van der Waals surface area contributed by atoms with Gasteiger partial charge in [-0.25, -0.2) is 0 Å². The molecule has 2 rings (SSSR count). The molecule has 0 saturated heterocycles. The predicted octanol–water partition coefficient (Wildman–Crippen LogP) is 4.26. The highest BCUT2D eigenvalue weighted by Crippen LogP contribution is 2.14. The summed E-state index contributed by atoms with van der Waals surface area (Å²) in [5.41, 5.74) is 1.26. The molecule has 0 spiro atoms. The van der Waals surface area contributed by atoms with Crippen LogP contribution in [0.25, 0.3) is 0 Å². The van der Waals surface area contributed by atoms with E-state index in [0.717, 1.165) is 17.9 Å². The largest absolute Gasteiger partial charge is 0.494 e.